The second-order valence-corrected chi connectivity index (χ2v) is 9.17. The van der Waals surface area contributed by atoms with Crippen LogP contribution in [-0.4, -0.2) is 56.7 Å². The van der Waals surface area contributed by atoms with Crippen LogP contribution in [0.5, 0.6) is 11.5 Å². The molecule has 3 aliphatic heterocycles. The van der Waals surface area contributed by atoms with Gasteiger partial charge in [0.1, 0.15) is 19.0 Å². The van der Waals surface area contributed by atoms with E-state index in [4.69, 9.17) is 9.47 Å². The van der Waals surface area contributed by atoms with Crippen molar-refractivity contribution in [1.29, 1.82) is 0 Å². The summed E-state index contributed by atoms with van der Waals surface area (Å²) >= 11 is 0. The number of piperazine rings is 1. The maximum Gasteiger partial charge on any atom is 0.235 e. The first kappa shape index (κ1) is 22.0. The highest BCUT2D eigenvalue weighted by Gasteiger charge is 2.44. The van der Waals surface area contributed by atoms with E-state index in [-0.39, 0.29) is 11.7 Å². The number of ether oxygens (including phenoxy) is 2. The summed E-state index contributed by atoms with van der Waals surface area (Å²) in [6.45, 7) is 8.21. The molecule has 176 valence electrons. The first-order valence-corrected chi connectivity index (χ1v) is 12.1. The summed E-state index contributed by atoms with van der Waals surface area (Å²) in [6.07, 6.45) is 3.53. The lowest BCUT2D eigenvalue weighted by molar-refractivity contribution is -0.121. The van der Waals surface area contributed by atoms with Crippen LogP contribution >= 0.6 is 0 Å². The van der Waals surface area contributed by atoms with Crippen molar-refractivity contribution in [1.82, 2.24) is 4.90 Å². The number of hydrogen-bond acceptors (Lipinski definition) is 5. The van der Waals surface area contributed by atoms with E-state index in [1.807, 2.05) is 19.1 Å². The number of nitrogens with one attached hydrogen (secondary N) is 1. The number of fused-ring (bicyclic) bond motifs is 2. The van der Waals surface area contributed by atoms with Gasteiger partial charge >= 0.3 is 0 Å². The zero-order valence-corrected chi connectivity index (χ0v) is 19.2. The van der Waals surface area contributed by atoms with Crippen molar-refractivity contribution in [2.75, 3.05) is 56.2 Å². The standard InChI is InChI=1S/C26H32FN3O3/c1-2-26(20-9-8-19(27)18-21(20)28-25(26)31)10-3-4-11-29-12-14-30(15-13-29)22-6-5-7-23-24(22)33-17-16-32-23/h5-9,18H,2-4,10-17H2,1H3,(H,28,31). The Morgan fingerprint density at radius 1 is 1.06 bits per heavy atom. The van der Waals surface area contributed by atoms with E-state index in [1.165, 1.54) is 12.1 Å². The van der Waals surface area contributed by atoms with Gasteiger partial charge in [-0.1, -0.05) is 25.5 Å². The Morgan fingerprint density at radius 2 is 1.88 bits per heavy atom. The fraction of sp³-hybridized carbons (Fsp3) is 0.500. The van der Waals surface area contributed by atoms with E-state index in [2.05, 4.69) is 21.2 Å². The Kier molecular flexibility index (Phi) is 6.15. The molecule has 1 fully saturated rings. The minimum Gasteiger partial charge on any atom is -0.486 e. The van der Waals surface area contributed by atoms with Gasteiger partial charge in [-0.05, 0) is 55.6 Å². The van der Waals surface area contributed by atoms with Gasteiger partial charge in [0.05, 0.1) is 11.1 Å². The molecule has 1 unspecified atom stereocenters. The molecule has 1 amide bonds. The quantitative estimate of drug-likeness (QED) is 0.637. The van der Waals surface area contributed by atoms with Gasteiger partial charge in [-0.15, -0.1) is 0 Å². The average molecular weight is 454 g/mol. The monoisotopic (exact) mass is 453 g/mol. The zero-order chi connectivity index (χ0) is 22.8. The van der Waals surface area contributed by atoms with E-state index < -0.39 is 5.41 Å². The smallest absolute Gasteiger partial charge is 0.235 e. The molecule has 0 radical (unpaired) electrons. The van der Waals surface area contributed by atoms with Crippen LogP contribution in [0.15, 0.2) is 36.4 Å². The van der Waals surface area contributed by atoms with Crippen molar-refractivity contribution in [2.45, 2.75) is 38.0 Å². The number of halogens is 1. The van der Waals surface area contributed by atoms with Crippen molar-refractivity contribution < 1.29 is 18.7 Å². The Bertz CT molecular complexity index is 1020. The van der Waals surface area contributed by atoms with Crippen LogP contribution in [0.4, 0.5) is 15.8 Å². The summed E-state index contributed by atoms with van der Waals surface area (Å²) in [5.74, 6) is 1.41. The third kappa shape index (κ3) is 4.14. The number of unbranched alkanes of at least 4 members (excludes halogenated alkanes) is 1. The van der Waals surface area contributed by atoms with Gasteiger partial charge in [0, 0.05) is 31.9 Å². The number of carbonyl (C=O) groups excluding carboxylic acids is 1. The van der Waals surface area contributed by atoms with E-state index in [9.17, 15) is 9.18 Å². The third-order valence-corrected chi connectivity index (χ3v) is 7.37. The van der Waals surface area contributed by atoms with Crippen LogP contribution in [0.2, 0.25) is 0 Å². The fourth-order valence-corrected chi connectivity index (χ4v) is 5.46. The molecule has 1 saturated heterocycles. The van der Waals surface area contributed by atoms with Crippen molar-refractivity contribution in [3.8, 4) is 11.5 Å². The molecule has 6 nitrogen and oxygen atoms in total. The SMILES string of the molecule is CCC1(CCCCN2CCN(c3cccc4c3OCCO4)CC2)C(=O)Nc2cc(F)ccc21. The lowest BCUT2D eigenvalue weighted by atomic mass is 9.75. The zero-order valence-electron chi connectivity index (χ0n) is 19.2. The summed E-state index contributed by atoms with van der Waals surface area (Å²) in [7, 11) is 0. The predicted octanol–water partition coefficient (Wildman–Crippen LogP) is 4.19. The largest absolute Gasteiger partial charge is 0.486 e. The molecule has 0 aliphatic carbocycles. The summed E-state index contributed by atoms with van der Waals surface area (Å²) in [4.78, 5) is 17.7. The second kappa shape index (κ2) is 9.21. The van der Waals surface area contributed by atoms with Gasteiger partial charge in [0.15, 0.2) is 11.5 Å². The Hall–Kier alpha value is -2.80. The predicted molar refractivity (Wildman–Crippen MR) is 127 cm³/mol. The highest BCUT2D eigenvalue weighted by Crippen LogP contribution is 2.44. The van der Waals surface area contributed by atoms with E-state index in [0.717, 1.165) is 81.2 Å². The van der Waals surface area contributed by atoms with Crippen LogP contribution in [0, 0.1) is 5.82 Å². The number of amides is 1. The van der Waals surface area contributed by atoms with Gasteiger partial charge < -0.3 is 19.7 Å². The molecule has 0 bridgehead atoms. The highest BCUT2D eigenvalue weighted by molar-refractivity contribution is 6.06. The number of nitrogens with zero attached hydrogens (tertiary/aromatic N) is 2. The van der Waals surface area contributed by atoms with Gasteiger partial charge in [0.2, 0.25) is 5.91 Å². The molecule has 0 aromatic heterocycles. The number of hydrogen-bond donors (Lipinski definition) is 1. The number of anilines is 2. The van der Waals surface area contributed by atoms with Crippen LogP contribution in [0.25, 0.3) is 0 Å². The number of carbonyl (C=O) groups is 1. The Balaban J connectivity index is 1.13. The Morgan fingerprint density at radius 3 is 2.70 bits per heavy atom. The highest BCUT2D eigenvalue weighted by atomic mass is 19.1. The van der Waals surface area contributed by atoms with Crippen LogP contribution in [0.1, 0.15) is 38.2 Å². The van der Waals surface area contributed by atoms with Crippen LogP contribution in [0.3, 0.4) is 0 Å². The summed E-state index contributed by atoms with van der Waals surface area (Å²) in [6, 6.07) is 10.8. The maximum absolute atomic E-state index is 13.6. The van der Waals surface area contributed by atoms with Crippen LogP contribution < -0.4 is 19.7 Å². The van der Waals surface area contributed by atoms with Gasteiger partial charge in [0.25, 0.3) is 0 Å². The normalized spacial score (nSPS) is 22.2. The van der Waals surface area contributed by atoms with Crippen molar-refractivity contribution >= 4 is 17.3 Å². The average Bonchev–Trinajstić information content (AvgIpc) is 3.12. The van der Waals surface area contributed by atoms with Gasteiger partial charge in [-0.3, -0.25) is 9.69 Å². The molecule has 0 spiro atoms. The third-order valence-electron chi connectivity index (χ3n) is 7.37. The minimum absolute atomic E-state index is 0.0107. The number of para-hydroxylation sites is 1. The molecule has 2 aromatic rings. The van der Waals surface area contributed by atoms with E-state index in [1.54, 1.807) is 6.07 Å². The molecular weight excluding hydrogens is 421 g/mol. The molecule has 3 heterocycles. The topological polar surface area (TPSA) is 54.0 Å². The molecular formula is C26H32FN3O3. The molecule has 7 heteroatoms. The fourth-order valence-electron chi connectivity index (χ4n) is 5.46. The molecule has 0 saturated carbocycles. The van der Waals surface area contributed by atoms with E-state index >= 15 is 0 Å². The molecule has 1 atom stereocenters. The van der Waals surface area contributed by atoms with Gasteiger partial charge in [-0.25, -0.2) is 4.39 Å². The second-order valence-electron chi connectivity index (χ2n) is 9.17. The first-order chi connectivity index (χ1) is 16.1. The number of rotatable bonds is 7. The summed E-state index contributed by atoms with van der Waals surface area (Å²) in [5.41, 5.74) is 2.17. The van der Waals surface area contributed by atoms with Crippen molar-refractivity contribution in [3.63, 3.8) is 0 Å². The molecule has 5 rings (SSSR count). The minimum atomic E-state index is -0.532. The van der Waals surface area contributed by atoms with E-state index in [0.29, 0.717) is 18.9 Å². The molecule has 1 N–H and O–H groups in total. The molecule has 2 aromatic carbocycles. The number of benzene rings is 2. The Labute approximate surface area is 194 Å². The first-order valence-electron chi connectivity index (χ1n) is 12.1. The van der Waals surface area contributed by atoms with Gasteiger partial charge in [-0.2, -0.15) is 0 Å². The lowest BCUT2D eigenvalue weighted by Gasteiger charge is -2.37. The van der Waals surface area contributed by atoms with Crippen molar-refractivity contribution in [3.05, 3.63) is 47.8 Å². The van der Waals surface area contributed by atoms with Crippen molar-refractivity contribution in [2.24, 2.45) is 0 Å². The maximum atomic E-state index is 13.6. The summed E-state index contributed by atoms with van der Waals surface area (Å²) in [5, 5.41) is 2.90. The molecule has 33 heavy (non-hydrogen) atoms. The lowest BCUT2D eigenvalue weighted by Crippen LogP contribution is -2.46. The van der Waals surface area contributed by atoms with Crippen LogP contribution in [-0.2, 0) is 10.2 Å². The molecule has 3 aliphatic rings. The summed E-state index contributed by atoms with van der Waals surface area (Å²) < 4.78 is 25.2.